The molecule has 8 nitrogen and oxygen atoms in total. The van der Waals surface area contributed by atoms with E-state index in [0.29, 0.717) is 42.4 Å². The van der Waals surface area contributed by atoms with Gasteiger partial charge < -0.3 is 21.7 Å². The average molecular weight is 355 g/mol. The third kappa shape index (κ3) is 4.47. The zero-order chi connectivity index (χ0) is 19.1. The van der Waals surface area contributed by atoms with Gasteiger partial charge in [0.05, 0.1) is 12.2 Å². The van der Waals surface area contributed by atoms with Crippen LogP contribution in [-0.2, 0) is 4.79 Å². The average Bonchev–Trinajstić information content (AvgIpc) is 2.65. The summed E-state index contributed by atoms with van der Waals surface area (Å²) in [7, 11) is 3.51. The number of nitrogens with zero attached hydrogens (tertiary/aromatic N) is 4. The lowest BCUT2D eigenvalue weighted by Crippen LogP contribution is -2.40. The third-order valence-electron chi connectivity index (χ3n) is 4.11. The fraction of sp³-hybridized carbons (Fsp3) is 0.333. The van der Waals surface area contributed by atoms with Crippen molar-refractivity contribution in [3.05, 3.63) is 41.4 Å². The lowest BCUT2D eigenvalue weighted by molar-refractivity contribution is -0.128. The van der Waals surface area contributed by atoms with E-state index >= 15 is 0 Å². The van der Waals surface area contributed by atoms with Crippen molar-refractivity contribution in [2.24, 2.45) is 21.5 Å². The summed E-state index contributed by atoms with van der Waals surface area (Å²) in [6, 6.07) is 5.42. The van der Waals surface area contributed by atoms with Gasteiger partial charge in [-0.1, -0.05) is 6.07 Å². The molecular weight excluding hydrogens is 330 g/mol. The molecule has 5 N–H and O–H groups in total. The van der Waals surface area contributed by atoms with Crippen molar-refractivity contribution < 1.29 is 4.79 Å². The van der Waals surface area contributed by atoms with Crippen LogP contribution in [0.25, 0.3) is 5.57 Å². The van der Waals surface area contributed by atoms with Crippen LogP contribution in [0.1, 0.15) is 19.0 Å². The molecule has 0 atom stereocenters. The van der Waals surface area contributed by atoms with Gasteiger partial charge in [-0.15, -0.1) is 0 Å². The highest BCUT2D eigenvalue weighted by Crippen LogP contribution is 2.19. The van der Waals surface area contributed by atoms with Crippen molar-refractivity contribution >= 4 is 29.3 Å². The number of hydrogen-bond donors (Lipinski definition) is 3. The summed E-state index contributed by atoms with van der Waals surface area (Å²) < 4.78 is 0. The molecule has 1 aliphatic heterocycles. The van der Waals surface area contributed by atoms with E-state index in [1.165, 1.54) is 6.20 Å². The first-order valence-corrected chi connectivity index (χ1v) is 8.31. The number of hydrogen-bond acceptors (Lipinski definition) is 6. The molecule has 2 rings (SSSR count). The highest BCUT2D eigenvalue weighted by Gasteiger charge is 2.22. The summed E-state index contributed by atoms with van der Waals surface area (Å²) in [6.07, 6.45) is 3.79. The van der Waals surface area contributed by atoms with Crippen LogP contribution in [0.15, 0.2) is 45.7 Å². The Bertz CT molecular complexity index is 792. The number of allylic oxidation sites excluding steroid dienone is 1. The Morgan fingerprint density at radius 1 is 1.42 bits per heavy atom. The molecule has 138 valence electrons. The van der Waals surface area contributed by atoms with Gasteiger partial charge in [-0.05, 0) is 12.1 Å². The summed E-state index contributed by atoms with van der Waals surface area (Å²) in [5, 5.41) is 3.15. The maximum absolute atomic E-state index is 11.7. The summed E-state index contributed by atoms with van der Waals surface area (Å²) in [5.41, 5.74) is 15.0. The number of aromatic nitrogens is 1. The Morgan fingerprint density at radius 3 is 2.81 bits per heavy atom. The zero-order valence-electron chi connectivity index (χ0n) is 15.4. The van der Waals surface area contributed by atoms with Gasteiger partial charge in [0, 0.05) is 63.2 Å². The smallest absolute Gasteiger partial charge is 0.219 e. The third-order valence-corrected chi connectivity index (χ3v) is 4.11. The number of rotatable bonds is 5. The largest absolute Gasteiger partial charge is 0.404 e. The maximum atomic E-state index is 11.7. The molecule has 0 aromatic carbocycles. The predicted molar refractivity (Wildman–Crippen MR) is 105 cm³/mol. The number of nitrogens with one attached hydrogen (secondary N) is 1. The van der Waals surface area contributed by atoms with E-state index in [0.717, 1.165) is 11.3 Å². The summed E-state index contributed by atoms with van der Waals surface area (Å²) in [5.74, 6) is 0.821. The number of pyridine rings is 1. The van der Waals surface area contributed by atoms with E-state index in [-0.39, 0.29) is 5.91 Å². The van der Waals surface area contributed by atoms with Crippen molar-refractivity contribution in [2.45, 2.75) is 13.3 Å². The molecule has 0 unspecified atom stereocenters. The van der Waals surface area contributed by atoms with Crippen LogP contribution in [-0.4, -0.2) is 55.0 Å². The Labute approximate surface area is 153 Å². The lowest BCUT2D eigenvalue weighted by atomic mass is 10.0. The Hall–Kier alpha value is -3.16. The monoisotopic (exact) mass is 355 g/mol. The normalized spacial score (nSPS) is 16.3. The fourth-order valence-electron chi connectivity index (χ4n) is 2.71. The first-order chi connectivity index (χ1) is 12.5. The molecule has 2 heterocycles. The van der Waals surface area contributed by atoms with Crippen LogP contribution in [0.2, 0.25) is 0 Å². The van der Waals surface area contributed by atoms with Gasteiger partial charge in [-0.3, -0.25) is 9.79 Å². The standard InChI is InChI=1S/C18H25N7O/c1-12(26)25-8-7-16(22-3)14(11-25)18(20)24-17-6-4-5-15(23-17)13(9-19)10-21-2/h4-6,9-10,22H,7-8,11,19H2,1-3H3,(H2,20,23,24). The number of aliphatic imine (C=N–C) groups is 2. The molecule has 0 radical (unpaired) electrons. The molecule has 0 fully saturated rings. The molecule has 8 heteroatoms. The molecule has 0 aliphatic carbocycles. The van der Waals surface area contributed by atoms with E-state index in [1.54, 1.807) is 31.2 Å². The molecule has 0 saturated heterocycles. The minimum absolute atomic E-state index is 0.0159. The number of carbonyl (C=O) groups is 1. The number of amides is 1. The topological polar surface area (TPSA) is 122 Å². The van der Waals surface area contributed by atoms with Crippen molar-refractivity contribution in [3.8, 4) is 0 Å². The van der Waals surface area contributed by atoms with Crippen LogP contribution in [0.4, 0.5) is 5.82 Å². The SMILES string of the molecule is CN=CC(=CN)c1cccc(N=C(N)C2=C(NC)CCN(C(C)=O)C2)n1. The van der Waals surface area contributed by atoms with Crippen LogP contribution >= 0.6 is 0 Å². The van der Waals surface area contributed by atoms with Crippen LogP contribution < -0.4 is 16.8 Å². The molecule has 1 amide bonds. The molecule has 1 aliphatic rings. The number of nitrogens with two attached hydrogens (primary N) is 2. The quantitative estimate of drug-likeness (QED) is 0.532. The minimum atomic E-state index is 0.0159. The maximum Gasteiger partial charge on any atom is 0.219 e. The summed E-state index contributed by atoms with van der Waals surface area (Å²) >= 11 is 0. The molecule has 0 spiro atoms. The Morgan fingerprint density at radius 2 is 2.19 bits per heavy atom. The lowest BCUT2D eigenvalue weighted by Gasteiger charge is -2.29. The second-order valence-electron chi connectivity index (χ2n) is 5.79. The van der Waals surface area contributed by atoms with Gasteiger partial charge in [0.15, 0.2) is 5.82 Å². The Kier molecular flexibility index (Phi) is 6.48. The minimum Gasteiger partial charge on any atom is -0.404 e. The fourth-order valence-corrected chi connectivity index (χ4v) is 2.71. The summed E-state index contributed by atoms with van der Waals surface area (Å²) in [6.45, 7) is 2.64. The van der Waals surface area contributed by atoms with Gasteiger partial charge in [-0.25, -0.2) is 9.98 Å². The van der Waals surface area contributed by atoms with E-state index < -0.39 is 0 Å². The van der Waals surface area contributed by atoms with E-state index in [1.807, 2.05) is 19.2 Å². The molecule has 26 heavy (non-hydrogen) atoms. The molecule has 1 aromatic rings. The van der Waals surface area contributed by atoms with Gasteiger partial charge >= 0.3 is 0 Å². The Balaban J connectivity index is 2.36. The van der Waals surface area contributed by atoms with Crippen molar-refractivity contribution in [3.63, 3.8) is 0 Å². The first-order valence-electron chi connectivity index (χ1n) is 8.31. The van der Waals surface area contributed by atoms with E-state index in [4.69, 9.17) is 11.5 Å². The predicted octanol–water partition coefficient (Wildman–Crippen LogP) is 0.796. The molecule has 1 aromatic heterocycles. The first kappa shape index (κ1) is 19.2. The van der Waals surface area contributed by atoms with Gasteiger partial charge in [0.25, 0.3) is 0 Å². The van der Waals surface area contributed by atoms with Gasteiger partial charge in [-0.2, -0.15) is 0 Å². The number of carbonyl (C=O) groups excluding carboxylic acids is 1. The van der Waals surface area contributed by atoms with Gasteiger partial charge in [0.1, 0.15) is 5.84 Å². The van der Waals surface area contributed by atoms with Crippen molar-refractivity contribution in [1.82, 2.24) is 15.2 Å². The van der Waals surface area contributed by atoms with E-state index in [9.17, 15) is 4.79 Å². The van der Waals surface area contributed by atoms with Gasteiger partial charge in [0.2, 0.25) is 5.91 Å². The van der Waals surface area contributed by atoms with Crippen LogP contribution in [0.3, 0.4) is 0 Å². The highest BCUT2D eigenvalue weighted by atomic mass is 16.2. The second kappa shape index (κ2) is 8.80. The molecule has 0 bridgehead atoms. The zero-order valence-corrected chi connectivity index (χ0v) is 15.4. The van der Waals surface area contributed by atoms with Crippen molar-refractivity contribution in [1.29, 1.82) is 0 Å². The second-order valence-corrected chi connectivity index (χ2v) is 5.79. The summed E-state index contributed by atoms with van der Waals surface area (Å²) in [4.78, 5) is 26.3. The van der Waals surface area contributed by atoms with Crippen LogP contribution in [0.5, 0.6) is 0 Å². The highest BCUT2D eigenvalue weighted by molar-refractivity contribution is 6.08. The number of amidine groups is 1. The molecule has 0 saturated carbocycles. The van der Waals surface area contributed by atoms with Crippen molar-refractivity contribution in [2.75, 3.05) is 27.2 Å². The molecular formula is C18H25N7O. The van der Waals surface area contributed by atoms with Crippen LogP contribution in [0, 0.1) is 0 Å². The van der Waals surface area contributed by atoms with E-state index in [2.05, 4.69) is 20.3 Å².